The van der Waals surface area contributed by atoms with E-state index in [1.165, 1.54) is 4.90 Å². The number of likely N-dealkylation sites (N-methyl/N-ethyl adjacent to an activating group) is 1. The first kappa shape index (κ1) is 14.0. The summed E-state index contributed by atoms with van der Waals surface area (Å²) in [5.41, 5.74) is 0.815. The summed E-state index contributed by atoms with van der Waals surface area (Å²) in [5, 5.41) is 0. The van der Waals surface area contributed by atoms with Crippen LogP contribution in [0.5, 0.6) is 11.5 Å². The van der Waals surface area contributed by atoms with Gasteiger partial charge in [0.25, 0.3) is 0 Å². The van der Waals surface area contributed by atoms with E-state index in [1.54, 1.807) is 39.5 Å². The minimum Gasteiger partial charge on any atom is -0.493 e. The molecule has 0 saturated heterocycles. The number of carbonyl (C=O) groups excluding carboxylic acids is 2. The molecule has 1 aromatic carbocycles. The second-order valence-corrected chi connectivity index (χ2v) is 3.81. The Labute approximate surface area is 106 Å². The van der Waals surface area contributed by atoms with Crippen LogP contribution >= 0.6 is 0 Å². The Morgan fingerprint density at radius 2 is 1.94 bits per heavy atom. The van der Waals surface area contributed by atoms with Gasteiger partial charge in [0.2, 0.25) is 5.91 Å². The van der Waals surface area contributed by atoms with Crippen molar-refractivity contribution in [2.75, 3.05) is 27.8 Å². The normalized spacial score (nSPS) is 9.72. The summed E-state index contributed by atoms with van der Waals surface area (Å²) >= 11 is 0. The molecule has 0 bridgehead atoms. The average Bonchev–Trinajstić information content (AvgIpc) is 2.38. The summed E-state index contributed by atoms with van der Waals surface area (Å²) in [4.78, 5) is 23.5. The zero-order valence-corrected chi connectivity index (χ0v) is 10.8. The van der Waals surface area contributed by atoms with E-state index < -0.39 is 0 Å². The van der Waals surface area contributed by atoms with Gasteiger partial charge in [-0.25, -0.2) is 0 Å². The number of aldehydes is 1. The fourth-order valence-corrected chi connectivity index (χ4v) is 1.51. The van der Waals surface area contributed by atoms with Crippen LogP contribution in [0.2, 0.25) is 0 Å². The molecule has 0 aliphatic heterocycles. The maximum absolute atomic E-state index is 11.8. The Morgan fingerprint density at radius 1 is 1.28 bits per heavy atom. The summed E-state index contributed by atoms with van der Waals surface area (Å²) in [6, 6.07) is 5.31. The van der Waals surface area contributed by atoms with Gasteiger partial charge in [-0.2, -0.15) is 0 Å². The van der Waals surface area contributed by atoms with E-state index in [1.807, 2.05) is 0 Å². The molecule has 0 aliphatic carbocycles. The number of carbonyl (C=O) groups is 2. The van der Waals surface area contributed by atoms with Crippen LogP contribution in [0.1, 0.15) is 5.56 Å². The lowest BCUT2D eigenvalue weighted by Gasteiger charge is -2.14. The largest absolute Gasteiger partial charge is 0.493 e. The molecule has 0 saturated carbocycles. The van der Waals surface area contributed by atoms with Gasteiger partial charge in [-0.3, -0.25) is 4.79 Å². The second kappa shape index (κ2) is 6.64. The maximum Gasteiger partial charge on any atom is 0.227 e. The van der Waals surface area contributed by atoms with Gasteiger partial charge in [0.15, 0.2) is 11.5 Å². The molecule has 5 heteroatoms. The lowest BCUT2D eigenvalue weighted by Crippen LogP contribution is -2.29. The van der Waals surface area contributed by atoms with Crippen LogP contribution in [-0.4, -0.2) is 44.9 Å². The Bertz CT molecular complexity index is 431. The number of amides is 1. The number of benzene rings is 1. The fourth-order valence-electron chi connectivity index (χ4n) is 1.51. The van der Waals surface area contributed by atoms with Crippen LogP contribution < -0.4 is 9.47 Å². The first-order valence-electron chi connectivity index (χ1n) is 5.51. The molecule has 0 spiro atoms. The maximum atomic E-state index is 11.8. The third-order valence-corrected chi connectivity index (χ3v) is 2.58. The molecule has 0 atom stereocenters. The summed E-state index contributed by atoms with van der Waals surface area (Å²) < 4.78 is 10.3. The molecule has 1 rings (SSSR count). The van der Waals surface area contributed by atoms with Crippen molar-refractivity contribution in [2.24, 2.45) is 0 Å². The average molecular weight is 251 g/mol. The van der Waals surface area contributed by atoms with Gasteiger partial charge in [-0.05, 0) is 17.7 Å². The van der Waals surface area contributed by atoms with E-state index in [0.717, 1.165) is 5.56 Å². The predicted molar refractivity (Wildman–Crippen MR) is 67.0 cm³/mol. The molecule has 0 fully saturated rings. The van der Waals surface area contributed by atoms with E-state index >= 15 is 0 Å². The molecular weight excluding hydrogens is 234 g/mol. The van der Waals surface area contributed by atoms with Crippen molar-refractivity contribution < 1.29 is 19.1 Å². The predicted octanol–water partition coefficient (Wildman–Crippen LogP) is 0.904. The molecule has 0 unspecified atom stereocenters. The highest BCUT2D eigenvalue weighted by Crippen LogP contribution is 2.27. The van der Waals surface area contributed by atoms with E-state index in [0.29, 0.717) is 17.8 Å². The molecule has 0 heterocycles. The van der Waals surface area contributed by atoms with Crippen molar-refractivity contribution in [2.45, 2.75) is 6.42 Å². The number of nitrogens with zero attached hydrogens (tertiary/aromatic N) is 1. The smallest absolute Gasteiger partial charge is 0.227 e. The zero-order chi connectivity index (χ0) is 13.5. The van der Waals surface area contributed by atoms with Gasteiger partial charge < -0.3 is 19.2 Å². The van der Waals surface area contributed by atoms with Crippen molar-refractivity contribution in [3.63, 3.8) is 0 Å². The molecule has 5 nitrogen and oxygen atoms in total. The number of ether oxygens (including phenoxy) is 2. The van der Waals surface area contributed by atoms with Crippen molar-refractivity contribution >= 4 is 12.2 Å². The zero-order valence-electron chi connectivity index (χ0n) is 10.8. The van der Waals surface area contributed by atoms with Crippen molar-refractivity contribution in [3.8, 4) is 11.5 Å². The number of hydrogen-bond donors (Lipinski definition) is 0. The minimum absolute atomic E-state index is 0.103. The summed E-state index contributed by atoms with van der Waals surface area (Å²) in [6.45, 7) is 0.103. The van der Waals surface area contributed by atoms with Gasteiger partial charge in [-0.1, -0.05) is 6.07 Å². The quantitative estimate of drug-likeness (QED) is 0.705. The number of rotatable bonds is 6. The van der Waals surface area contributed by atoms with Crippen molar-refractivity contribution in [1.82, 2.24) is 4.90 Å². The Kier molecular flexibility index (Phi) is 5.17. The monoisotopic (exact) mass is 251 g/mol. The van der Waals surface area contributed by atoms with Crippen molar-refractivity contribution in [3.05, 3.63) is 23.8 Å². The Hall–Kier alpha value is -2.04. The molecular formula is C13H17NO4. The van der Waals surface area contributed by atoms with Crippen LogP contribution in [0, 0.1) is 0 Å². The molecule has 98 valence electrons. The highest BCUT2D eigenvalue weighted by Gasteiger charge is 2.11. The Balaban J connectivity index is 2.79. The number of methoxy groups -OCH3 is 2. The topological polar surface area (TPSA) is 55.8 Å². The molecule has 0 N–H and O–H groups in total. The summed E-state index contributed by atoms with van der Waals surface area (Å²) in [6.07, 6.45) is 0.928. The van der Waals surface area contributed by atoms with Crippen LogP contribution in [0.4, 0.5) is 0 Å². The highest BCUT2D eigenvalue weighted by molar-refractivity contribution is 5.80. The lowest BCUT2D eigenvalue weighted by atomic mass is 10.1. The second-order valence-electron chi connectivity index (χ2n) is 3.81. The van der Waals surface area contributed by atoms with Crippen LogP contribution in [0.3, 0.4) is 0 Å². The van der Waals surface area contributed by atoms with Gasteiger partial charge in [0, 0.05) is 7.05 Å². The molecule has 0 aliphatic rings. The number of hydrogen-bond acceptors (Lipinski definition) is 4. The van der Waals surface area contributed by atoms with E-state index in [4.69, 9.17) is 9.47 Å². The molecule has 1 amide bonds. The van der Waals surface area contributed by atoms with E-state index in [2.05, 4.69) is 0 Å². The third kappa shape index (κ3) is 3.48. The molecule has 1 aromatic rings. The van der Waals surface area contributed by atoms with Crippen LogP contribution in [0.25, 0.3) is 0 Å². The molecule has 18 heavy (non-hydrogen) atoms. The first-order valence-corrected chi connectivity index (χ1v) is 5.51. The summed E-state index contributed by atoms with van der Waals surface area (Å²) in [7, 11) is 4.69. The van der Waals surface area contributed by atoms with Gasteiger partial charge in [0.05, 0.1) is 27.2 Å². The van der Waals surface area contributed by atoms with Gasteiger partial charge in [0.1, 0.15) is 6.29 Å². The summed E-state index contributed by atoms with van der Waals surface area (Å²) in [5.74, 6) is 1.09. The first-order chi connectivity index (χ1) is 8.62. The van der Waals surface area contributed by atoms with Gasteiger partial charge >= 0.3 is 0 Å². The van der Waals surface area contributed by atoms with Gasteiger partial charge in [-0.15, -0.1) is 0 Å². The lowest BCUT2D eigenvalue weighted by molar-refractivity contribution is -0.131. The Morgan fingerprint density at radius 3 is 2.50 bits per heavy atom. The highest BCUT2D eigenvalue weighted by atomic mass is 16.5. The molecule has 0 radical (unpaired) electrons. The van der Waals surface area contributed by atoms with E-state index in [-0.39, 0.29) is 18.9 Å². The fraction of sp³-hybridized carbons (Fsp3) is 0.385. The van der Waals surface area contributed by atoms with Crippen LogP contribution in [0.15, 0.2) is 18.2 Å². The standard InChI is InChI=1S/C13H17NO4/c1-14(6-7-15)13(16)9-10-4-5-11(17-2)12(8-10)18-3/h4-5,7-8H,6,9H2,1-3H3. The van der Waals surface area contributed by atoms with Crippen LogP contribution in [-0.2, 0) is 16.0 Å². The minimum atomic E-state index is -0.116. The van der Waals surface area contributed by atoms with E-state index in [9.17, 15) is 9.59 Å². The third-order valence-electron chi connectivity index (χ3n) is 2.58. The molecule has 0 aromatic heterocycles. The van der Waals surface area contributed by atoms with Crippen molar-refractivity contribution in [1.29, 1.82) is 0 Å². The SMILES string of the molecule is COc1ccc(CC(=O)N(C)CC=O)cc1OC.